The van der Waals surface area contributed by atoms with Crippen LogP contribution in [0, 0.1) is 11.8 Å². The summed E-state index contributed by atoms with van der Waals surface area (Å²) in [5.74, 6) is 0.288. The molecule has 1 N–H and O–H groups in total. The van der Waals surface area contributed by atoms with Gasteiger partial charge in [0.05, 0.1) is 7.11 Å². The van der Waals surface area contributed by atoms with Crippen LogP contribution in [0.25, 0.3) is 0 Å². The van der Waals surface area contributed by atoms with Crippen molar-refractivity contribution in [2.75, 3.05) is 19.0 Å². The highest BCUT2D eigenvalue weighted by atomic mass is 16.5. The van der Waals surface area contributed by atoms with E-state index in [4.69, 9.17) is 9.47 Å². The van der Waals surface area contributed by atoms with Gasteiger partial charge in [0.25, 0.3) is 0 Å². The molecule has 3 aliphatic rings. The molecule has 1 aliphatic carbocycles. The number of benzene rings is 2. The van der Waals surface area contributed by atoms with Crippen LogP contribution >= 0.6 is 0 Å². The zero-order chi connectivity index (χ0) is 21.6. The minimum Gasteiger partial charge on any atom is -0.497 e. The van der Waals surface area contributed by atoms with Crippen LogP contribution in [0.15, 0.2) is 48.5 Å². The lowest BCUT2D eigenvalue weighted by Crippen LogP contribution is -2.71. The number of amides is 2. The fraction of sp³-hybridized carbons (Fsp3) is 0.440. The lowest BCUT2D eigenvalue weighted by atomic mass is 9.61. The molecular weight excluding hydrogens is 392 g/mol. The van der Waals surface area contributed by atoms with Crippen molar-refractivity contribution in [2.45, 2.75) is 44.2 Å². The van der Waals surface area contributed by atoms with Gasteiger partial charge in [-0.3, -0.25) is 9.59 Å². The molecule has 2 amide bonds. The largest absolute Gasteiger partial charge is 0.497 e. The fourth-order valence-corrected chi connectivity index (χ4v) is 5.90. The molecule has 2 aliphatic heterocycles. The molecule has 162 valence electrons. The number of rotatable bonds is 4. The first-order chi connectivity index (χ1) is 15.1. The van der Waals surface area contributed by atoms with Crippen LogP contribution in [0.4, 0.5) is 5.69 Å². The van der Waals surface area contributed by atoms with E-state index >= 15 is 0 Å². The summed E-state index contributed by atoms with van der Waals surface area (Å²) in [5.41, 5.74) is 0.992. The lowest BCUT2D eigenvalue weighted by Gasteiger charge is -2.60. The van der Waals surface area contributed by atoms with Crippen LogP contribution < -0.4 is 14.8 Å². The minimum absolute atomic E-state index is 0.111. The fourth-order valence-electron chi connectivity index (χ4n) is 5.90. The maximum Gasteiger partial charge on any atom is 0.238 e. The van der Waals surface area contributed by atoms with Crippen LogP contribution in [0.1, 0.15) is 44.1 Å². The molecule has 1 saturated heterocycles. The minimum atomic E-state index is -0.775. The van der Waals surface area contributed by atoms with Crippen LogP contribution in [-0.2, 0) is 9.59 Å². The molecule has 2 aromatic rings. The third-order valence-electron chi connectivity index (χ3n) is 7.18. The second-order valence-electron chi connectivity index (χ2n) is 8.64. The van der Waals surface area contributed by atoms with E-state index in [0.29, 0.717) is 18.0 Å². The van der Waals surface area contributed by atoms with Crippen molar-refractivity contribution in [3.05, 3.63) is 54.1 Å². The number of likely N-dealkylation sites (tertiary alicyclic amines) is 1. The van der Waals surface area contributed by atoms with Gasteiger partial charge >= 0.3 is 0 Å². The molecule has 2 fully saturated rings. The van der Waals surface area contributed by atoms with Gasteiger partial charge in [-0.1, -0.05) is 24.6 Å². The van der Waals surface area contributed by atoms with Gasteiger partial charge in [0.1, 0.15) is 17.4 Å². The number of para-hydroxylation sites is 1. The Kier molecular flexibility index (Phi) is 4.88. The smallest absolute Gasteiger partial charge is 0.238 e. The number of nitrogens with one attached hydrogen (secondary N) is 1. The number of hydrogen-bond acceptors (Lipinski definition) is 4. The molecule has 4 atom stereocenters. The lowest BCUT2D eigenvalue weighted by molar-refractivity contribution is -0.206. The second kappa shape index (κ2) is 7.59. The van der Waals surface area contributed by atoms with Crippen LogP contribution in [-0.4, -0.2) is 36.1 Å². The van der Waals surface area contributed by atoms with Crippen molar-refractivity contribution >= 4 is 17.5 Å². The standard InChI is InChI=1S/C25H28N2O4/c1-3-27-24(29)22(23(28)26-16-11-13-17(30-2)14-12-16)21-18-8-4-5-10-20(18)31-25(27)15-7-6-9-19(21)25/h4-5,8,10-14,19,21-22H,3,6-7,9,15H2,1-2H3,(H,26,28)/t19-,21+,22+,25-/m1/s1. The molecule has 2 bridgehead atoms. The van der Waals surface area contributed by atoms with E-state index in [1.807, 2.05) is 36.1 Å². The van der Waals surface area contributed by atoms with E-state index in [0.717, 1.165) is 37.0 Å². The van der Waals surface area contributed by atoms with Crippen LogP contribution in [0.3, 0.4) is 0 Å². The van der Waals surface area contributed by atoms with E-state index in [-0.39, 0.29) is 23.7 Å². The van der Waals surface area contributed by atoms with Crippen molar-refractivity contribution in [1.29, 1.82) is 0 Å². The van der Waals surface area contributed by atoms with Gasteiger partial charge in [-0.15, -0.1) is 0 Å². The van der Waals surface area contributed by atoms with Crippen molar-refractivity contribution in [2.24, 2.45) is 11.8 Å². The number of fused-ring (bicyclic) bond motifs is 2. The molecule has 31 heavy (non-hydrogen) atoms. The van der Waals surface area contributed by atoms with Gasteiger partial charge in [0, 0.05) is 30.5 Å². The zero-order valence-corrected chi connectivity index (χ0v) is 18.0. The Hall–Kier alpha value is -3.02. The van der Waals surface area contributed by atoms with Crippen molar-refractivity contribution in [3.8, 4) is 11.5 Å². The van der Waals surface area contributed by atoms with E-state index in [1.54, 1.807) is 31.4 Å². The Labute approximate surface area is 182 Å². The summed E-state index contributed by atoms with van der Waals surface area (Å²) in [6.45, 7) is 2.50. The highest BCUT2D eigenvalue weighted by Crippen LogP contribution is 2.58. The van der Waals surface area contributed by atoms with E-state index in [1.165, 1.54) is 0 Å². The van der Waals surface area contributed by atoms with Gasteiger partial charge in [0.15, 0.2) is 5.72 Å². The quantitative estimate of drug-likeness (QED) is 0.754. The Bertz CT molecular complexity index is 1000. The molecule has 0 spiro atoms. The summed E-state index contributed by atoms with van der Waals surface area (Å²) in [4.78, 5) is 29.1. The summed E-state index contributed by atoms with van der Waals surface area (Å²) in [6, 6.07) is 15.1. The highest BCUT2D eigenvalue weighted by Gasteiger charge is 2.64. The van der Waals surface area contributed by atoms with Crippen molar-refractivity contribution < 1.29 is 19.1 Å². The Balaban J connectivity index is 1.57. The highest BCUT2D eigenvalue weighted by molar-refractivity contribution is 6.08. The van der Waals surface area contributed by atoms with Crippen molar-refractivity contribution in [3.63, 3.8) is 0 Å². The number of carbonyl (C=O) groups excluding carboxylic acids is 2. The normalized spacial score (nSPS) is 28.8. The predicted molar refractivity (Wildman–Crippen MR) is 117 cm³/mol. The number of piperidine rings is 1. The summed E-state index contributed by atoms with van der Waals surface area (Å²) in [6.07, 6.45) is 3.88. The van der Waals surface area contributed by atoms with Crippen LogP contribution in [0.2, 0.25) is 0 Å². The van der Waals surface area contributed by atoms with E-state index in [9.17, 15) is 9.59 Å². The Morgan fingerprint density at radius 2 is 1.97 bits per heavy atom. The Morgan fingerprint density at radius 1 is 1.19 bits per heavy atom. The van der Waals surface area contributed by atoms with Crippen molar-refractivity contribution in [1.82, 2.24) is 4.90 Å². The summed E-state index contributed by atoms with van der Waals surface area (Å²) >= 11 is 0. The van der Waals surface area contributed by atoms with Gasteiger partial charge in [-0.2, -0.15) is 0 Å². The number of anilines is 1. The molecule has 6 nitrogen and oxygen atoms in total. The summed E-state index contributed by atoms with van der Waals surface area (Å²) in [5, 5.41) is 2.98. The first kappa shape index (κ1) is 19.9. The maximum absolute atomic E-state index is 13.7. The molecule has 6 heteroatoms. The monoisotopic (exact) mass is 420 g/mol. The third-order valence-corrected chi connectivity index (χ3v) is 7.18. The topological polar surface area (TPSA) is 67.9 Å². The molecule has 2 heterocycles. The van der Waals surface area contributed by atoms with Gasteiger partial charge in [-0.05, 0) is 55.7 Å². The van der Waals surface area contributed by atoms with Gasteiger partial charge in [-0.25, -0.2) is 0 Å². The zero-order valence-electron chi connectivity index (χ0n) is 18.0. The van der Waals surface area contributed by atoms with E-state index in [2.05, 4.69) is 5.32 Å². The average molecular weight is 421 g/mol. The van der Waals surface area contributed by atoms with Crippen LogP contribution in [0.5, 0.6) is 11.5 Å². The van der Waals surface area contributed by atoms with Gasteiger partial charge < -0.3 is 19.7 Å². The number of methoxy groups -OCH3 is 1. The predicted octanol–water partition coefficient (Wildman–Crippen LogP) is 4.17. The first-order valence-corrected chi connectivity index (χ1v) is 11.1. The number of ether oxygens (including phenoxy) is 2. The van der Waals surface area contributed by atoms with E-state index < -0.39 is 11.6 Å². The Morgan fingerprint density at radius 3 is 2.71 bits per heavy atom. The molecule has 0 unspecified atom stereocenters. The molecule has 1 saturated carbocycles. The molecule has 0 aromatic heterocycles. The third kappa shape index (κ3) is 2.99. The number of carbonyl (C=O) groups is 2. The second-order valence-corrected chi connectivity index (χ2v) is 8.64. The molecular formula is C25H28N2O4. The molecule has 2 aromatic carbocycles. The van der Waals surface area contributed by atoms with Gasteiger partial charge in [0.2, 0.25) is 11.8 Å². The number of nitrogens with zero attached hydrogens (tertiary/aromatic N) is 1. The number of hydrogen-bond donors (Lipinski definition) is 1. The summed E-state index contributed by atoms with van der Waals surface area (Å²) in [7, 11) is 1.60. The summed E-state index contributed by atoms with van der Waals surface area (Å²) < 4.78 is 11.8. The maximum atomic E-state index is 13.7. The SMILES string of the molecule is CCN1C(=O)[C@H](C(=O)Nc2ccc(OC)cc2)[C@H]2c3ccccc3O[C@@]13CCCC[C@H]23. The first-order valence-electron chi connectivity index (χ1n) is 11.1. The molecule has 5 rings (SSSR count). The molecule has 0 radical (unpaired) electrons. The average Bonchev–Trinajstić information content (AvgIpc) is 2.79.